The van der Waals surface area contributed by atoms with E-state index in [4.69, 9.17) is 0 Å². The maximum absolute atomic E-state index is 9.59. The van der Waals surface area contributed by atoms with Gasteiger partial charge in [-0.2, -0.15) is 0 Å². The summed E-state index contributed by atoms with van der Waals surface area (Å²) in [6.45, 7) is 0. The van der Waals surface area contributed by atoms with Crippen LogP contribution >= 0.6 is 23.5 Å². The summed E-state index contributed by atoms with van der Waals surface area (Å²) in [6, 6.07) is 0. The number of rotatable bonds is 2. The van der Waals surface area contributed by atoms with Crippen LogP contribution in [0.3, 0.4) is 0 Å². The molecule has 0 radical (unpaired) electrons. The number of aliphatic hydroxyl groups is 2. The summed E-state index contributed by atoms with van der Waals surface area (Å²) in [5.41, 5.74) is 0. The number of hydrogen-bond donors (Lipinski definition) is 2. The average Bonchev–Trinajstić information content (AvgIpc) is 2.90. The second kappa shape index (κ2) is 11.9. The van der Waals surface area contributed by atoms with Crippen LogP contribution in [0.25, 0.3) is 0 Å². The molecule has 0 amide bonds. The Morgan fingerprint density at radius 2 is 1.10 bits per heavy atom. The van der Waals surface area contributed by atoms with Gasteiger partial charge in [-0.1, -0.05) is 35.7 Å². The van der Waals surface area contributed by atoms with Crippen LogP contribution in [-0.4, -0.2) is 58.3 Å². The van der Waals surface area contributed by atoms with Crippen molar-refractivity contribution < 1.29 is 61.2 Å². The molecule has 4 nitrogen and oxygen atoms in total. The zero-order chi connectivity index (χ0) is 13.8. The van der Waals surface area contributed by atoms with Gasteiger partial charge in [-0.3, -0.25) is 9.80 Å². The summed E-state index contributed by atoms with van der Waals surface area (Å²) < 4.78 is 0. The molecule has 0 aromatic carbocycles. The molecule has 122 valence electrons. The van der Waals surface area contributed by atoms with Gasteiger partial charge in [0.25, 0.3) is 0 Å². The van der Waals surface area contributed by atoms with Crippen LogP contribution in [0.5, 0.6) is 0 Å². The van der Waals surface area contributed by atoms with Gasteiger partial charge in [-0.15, -0.1) is 0 Å². The maximum atomic E-state index is 9.59. The Balaban J connectivity index is -0.000000270. The van der Waals surface area contributed by atoms with Gasteiger partial charge in [0.2, 0.25) is 0 Å². The minimum Gasteiger partial charge on any atom is -1.00 e. The first kappa shape index (κ1) is 27.3. The topological polar surface area (TPSA) is 46.9 Å². The quantitative estimate of drug-likeness (QED) is 0.414. The molecule has 0 aliphatic carbocycles. The molecule has 2 N–H and O–H groups in total. The molecule has 0 saturated heterocycles. The van der Waals surface area contributed by atoms with E-state index in [9.17, 15) is 10.2 Å². The van der Waals surface area contributed by atoms with Crippen LogP contribution in [0.15, 0.2) is 23.0 Å². The monoisotopic (exact) mass is 450 g/mol. The summed E-state index contributed by atoms with van der Waals surface area (Å²) in [5, 5.41) is 21.7. The molecular formula is C12H22Cl2N2O2S2Zr. The minimum absolute atomic E-state index is 0. The van der Waals surface area contributed by atoms with Gasteiger partial charge >= 0.3 is 26.2 Å². The van der Waals surface area contributed by atoms with Crippen molar-refractivity contribution in [1.29, 1.82) is 0 Å². The van der Waals surface area contributed by atoms with E-state index >= 15 is 0 Å². The van der Waals surface area contributed by atoms with Crippen LogP contribution in [0.2, 0.25) is 0 Å². The van der Waals surface area contributed by atoms with Crippen molar-refractivity contribution in [3.63, 3.8) is 0 Å². The zero-order valence-electron chi connectivity index (χ0n) is 12.6. The summed E-state index contributed by atoms with van der Waals surface area (Å²) in [4.78, 5) is 3.63. The predicted molar refractivity (Wildman–Crippen MR) is 80.0 cm³/mol. The molecule has 2 rings (SSSR count). The standard InChI is InChI=1S/2C6H11NOS.2ClH.Zr/c2*1-7(2)6(8)4-3-5-9-6;;;/h2*3,5,8H,4H2,1-2H3;2*1H;/q;;;;+2/p-2. The average molecular weight is 453 g/mol. The first-order valence-electron chi connectivity index (χ1n) is 5.75. The number of halogens is 2. The van der Waals surface area contributed by atoms with Crippen molar-refractivity contribution in [2.24, 2.45) is 0 Å². The molecule has 2 unspecified atom stereocenters. The molecule has 2 aliphatic rings. The molecule has 21 heavy (non-hydrogen) atoms. The van der Waals surface area contributed by atoms with Gasteiger partial charge in [0.05, 0.1) is 0 Å². The molecule has 2 aliphatic heterocycles. The smallest absolute Gasteiger partial charge is 1.00 e. The van der Waals surface area contributed by atoms with Crippen LogP contribution in [0.4, 0.5) is 0 Å². The van der Waals surface area contributed by atoms with Crippen LogP contribution < -0.4 is 24.8 Å². The summed E-state index contributed by atoms with van der Waals surface area (Å²) in [6.07, 6.45) is 5.41. The van der Waals surface area contributed by atoms with E-state index in [0.29, 0.717) is 0 Å². The fourth-order valence-corrected chi connectivity index (χ4v) is 3.02. The summed E-state index contributed by atoms with van der Waals surface area (Å²) in [5.74, 6) is 0. The van der Waals surface area contributed by atoms with Crippen molar-refractivity contribution >= 4 is 23.5 Å². The molecular weight excluding hydrogens is 430 g/mol. The van der Waals surface area contributed by atoms with Gasteiger partial charge in [0.15, 0.2) is 10.1 Å². The van der Waals surface area contributed by atoms with Crippen LogP contribution in [0, 0.1) is 0 Å². The maximum Gasteiger partial charge on any atom is 2.00 e. The Kier molecular flexibility index (Phi) is 15.5. The van der Waals surface area contributed by atoms with E-state index < -0.39 is 10.1 Å². The van der Waals surface area contributed by atoms with Crippen LogP contribution in [0.1, 0.15) is 12.8 Å². The molecule has 0 spiro atoms. The molecule has 9 heteroatoms. The Morgan fingerprint density at radius 3 is 1.19 bits per heavy atom. The van der Waals surface area contributed by atoms with Gasteiger partial charge in [-0.25, -0.2) is 0 Å². The minimum atomic E-state index is -0.667. The fraction of sp³-hybridized carbons (Fsp3) is 0.667. The van der Waals surface area contributed by atoms with Crippen molar-refractivity contribution in [3.8, 4) is 0 Å². The third kappa shape index (κ3) is 8.23. The van der Waals surface area contributed by atoms with Crippen molar-refractivity contribution in [2.45, 2.75) is 23.0 Å². The first-order valence-corrected chi connectivity index (χ1v) is 7.51. The Labute approximate surface area is 167 Å². The van der Waals surface area contributed by atoms with Crippen molar-refractivity contribution in [1.82, 2.24) is 9.80 Å². The first-order chi connectivity index (χ1) is 8.30. The van der Waals surface area contributed by atoms with Crippen molar-refractivity contribution in [2.75, 3.05) is 28.2 Å². The largest absolute Gasteiger partial charge is 2.00 e. The number of hydrogen-bond acceptors (Lipinski definition) is 6. The van der Waals surface area contributed by atoms with E-state index in [2.05, 4.69) is 0 Å². The molecule has 0 saturated carbocycles. The van der Waals surface area contributed by atoms with Gasteiger partial charge in [0.1, 0.15) is 0 Å². The normalized spacial score (nSPS) is 29.3. The molecule has 0 aromatic rings. The Bertz CT molecular complexity index is 297. The summed E-state index contributed by atoms with van der Waals surface area (Å²) in [7, 11) is 7.50. The fourth-order valence-electron chi connectivity index (χ4n) is 1.39. The van der Waals surface area contributed by atoms with E-state index in [0.717, 1.165) is 12.8 Å². The Hall–Kier alpha value is 1.48. The van der Waals surface area contributed by atoms with Gasteiger partial charge < -0.3 is 35.0 Å². The van der Waals surface area contributed by atoms with E-state index in [1.807, 2.05) is 61.0 Å². The third-order valence-corrected chi connectivity index (χ3v) is 5.35. The zero-order valence-corrected chi connectivity index (χ0v) is 18.2. The van der Waals surface area contributed by atoms with E-state index in [1.165, 1.54) is 23.5 Å². The molecule has 0 bridgehead atoms. The summed E-state index contributed by atoms with van der Waals surface area (Å²) >= 11 is 2.91. The molecule has 0 fully saturated rings. The van der Waals surface area contributed by atoms with Crippen molar-refractivity contribution in [3.05, 3.63) is 23.0 Å². The number of nitrogens with zero attached hydrogens (tertiary/aromatic N) is 2. The van der Waals surface area contributed by atoms with Crippen LogP contribution in [-0.2, 0) is 26.2 Å². The van der Waals surface area contributed by atoms with E-state index in [1.54, 1.807) is 0 Å². The third-order valence-electron chi connectivity index (χ3n) is 2.87. The SMILES string of the molecule is CN(C)C1(O)CC=CS1.CN(C)C1(O)CC=CS1.[Cl-].[Cl-].[Zr+2]. The molecule has 0 aromatic heterocycles. The van der Waals surface area contributed by atoms with Gasteiger partial charge in [0, 0.05) is 12.8 Å². The van der Waals surface area contributed by atoms with Gasteiger partial charge in [-0.05, 0) is 39.0 Å². The molecule has 2 atom stereocenters. The second-order valence-corrected chi connectivity index (χ2v) is 6.99. The second-order valence-electron chi connectivity index (χ2n) is 4.66. The van der Waals surface area contributed by atoms with E-state index in [-0.39, 0.29) is 51.0 Å². The number of thioether (sulfide) groups is 2. The Morgan fingerprint density at radius 1 is 0.810 bits per heavy atom. The predicted octanol–water partition coefficient (Wildman–Crippen LogP) is -4.31. The molecule has 2 heterocycles.